The molecule has 1 atom stereocenters. The SMILES string of the molecule is CCCCCC[PH](=O)OCCC. The molecule has 1 unspecified atom stereocenters. The van der Waals surface area contributed by atoms with Crippen LogP contribution in [0.15, 0.2) is 0 Å². The average molecular weight is 192 g/mol. The van der Waals surface area contributed by atoms with Crippen LogP contribution in [-0.2, 0) is 9.09 Å². The van der Waals surface area contributed by atoms with Gasteiger partial charge in [0, 0.05) is 6.16 Å². The van der Waals surface area contributed by atoms with E-state index in [0.29, 0.717) is 6.61 Å². The normalized spacial score (nSPS) is 13.2. The van der Waals surface area contributed by atoms with Gasteiger partial charge in [0.05, 0.1) is 6.61 Å². The lowest BCUT2D eigenvalue weighted by atomic mass is 10.2. The summed E-state index contributed by atoms with van der Waals surface area (Å²) in [5.41, 5.74) is 0. The Morgan fingerprint density at radius 3 is 2.42 bits per heavy atom. The molecule has 74 valence electrons. The Labute approximate surface area is 76.6 Å². The largest absolute Gasteiger partial charge is 0.330 e. The smallest absolute Gasteiger partial charge is 0.191 e. The van der Waals surface area contributed by atoms with Crippen molar-refractivity contribution in [3.63, 3.8) is 0 Å². The molecule has 0 heterocycles. The van der Waals surface area contributed by atoms with Gasteiger partial charge in [-0.2, -0.15) is 0 Å². The van der Waals surface area contributed by atoms with Crippen molar-refractivity contribution in [3.8, 4) is 0 Å². The van der Waals surface area contributed by atoms with E-state index < -0.39 is 8.03 Å². The summed E-state index contributed by atoms with van der Waals surface area (Å²) in [4.78, 5) is 0. The van der Waals surface area contributed by atoms with Crippen molar-refractivity contribution in [1.29, 1.82) is 0 Å². The molecule has 0 saturated carbocycles. The van der Waals surface area contributed by atoms with Gasteiger partial charge in [-0.05, 0) is 12.8 Å². The zero-order chi connectivity index (χ0) is 9.23. The molecule has 0 saturated heterocycles. The van der Waals surface area contributed by atoms with E-state index in [1.807, 2.05) is 6.92 Å². The Bertz CT molecular complexity index is 115. The minimum absolute atomic E-state index is 0.658. The lowest BCUT2D eigenvalue weighted by Crippen LogP contribution is -1.86. The van der Waals surface area contributed by atoms with Gasteiger partial charge in [0.15, 0.2) is 8.03 Å². The van der Waals surface area contributed by atoms with Crippen LogP contribution in [0.2, 0.25) is 0 Å². The van der Waals surface area contributed by atoms with Crippen molar-refractivity contribution in [1.82, 2.24) is 0 Å². The second kappa shape index (κ2) is 9.28. The minimum Gasteiger partial charge on any atom is -0.330 e. The van der Waals surface area contributed by atoms with Gasteiger partial charge < -0.3 is 4.52 Å². The topological polar surface area (TPSA) is 26.3 Å². The molecule has 0 radical (unpaired) electrons. The summed E-state index contributed by atoms with van der Waals surface area (Å²) in [7, 11) is -1.68. The third-order valence-electron chi connectivity index (χ3n) is 1.70. The van der Waals surface area contributed by atoms with Crippen LogP contribution in [0.5, 0.6) is 0 Å². The van der Waals surface area contributed by atoms with Gasteiger partial charge in [-0.15, -0.1) is 0 Å². The summed E-state index contributed by atoms with van der Waals surface area (Å²) in [6.07, 6.45) is 6.49. The highest BCUT2D eigenvalue weighted by atomic mass is 31.1. The molecular formula is C9H21O2P. The van der Waals surface area contributed by atoms with E-state index in [2.05, 4.69) is 6.92 Å². The van der Waals surface area contributed by atoms with Crippen molar-refractivity contribution in [2.45, 2.75) is 46.0 Å². The van der Waals surface area contributed by atoms with Crippen LogP contribution in [0.3, 0.4) is 0 Å². The summed E-state index contributed by atoms with van der Waals surface area (Å²) in [5, 5.41) is 0. The predicted octanol–water partition coefficient (Wildman–Crippen LogP) is 3.47. The fourth-order valence-electron chi connectivity index (χ4n) is 0.984. The number of unbranched alkanes of at least 4 members (excludes halogenated alkanes) is 3. The lowest BCUT2D eigenvalue weighted by Gasteiger charge is -2.01. The molecule has 0 aromatic heterocycles. The first-order valence-corrected chi connectivity index (χ1v) is 6.49. The molecule has 0 amide bonds. The van der Waals surface area contributed by atoms with Gasteiger partial charge in [0.2, 0.25) is 0 Å². The maximum Gasteiger partial charge on any atom is 0.191 e. The highest BCUT2D eigenvalue weighted by Gasteiger charge is 1.97. The molecule has 3 heteroatoms. The summed E-state index contributed by atoms with van der Waals surface area (Å²) in [5.74, 6) is 0. The monoisotopic (exact) mass is 192 g/mol. The number of rotatable bonds is 8. The summed E-state index contributed by atoms with van der Waals surface area (Å²) >= 11 is 0. The molecule has 2 nitrogen and oxygen atoms in total. The predicted molar refractivity (Wildman–Crippen MR) is 54.3 cm³/mol. The average Bonchev–Trinajstić information content (AvgIpc) is 2.09. The van der Waals surface area contributed by atoms with Gasteiger partial charge in [0.1, 0.15) is 0 Å². The Hall–Kier alpha value is 0.190. The second-order valence-corrected chi connectivity index (χ2v) is 4.56. The molecule has 0 aliphatic heterocycles. The third kappa shape index (κ3) is 8.29. The molecule has 0 spiro atoms. The highest BCUT2D eigenvalue weighted by molar-refractivity contribution is 7.39. The van der Waals surface area contributed by atoms with E-state index in [-0.39, 0.29) is 0 Å². The molecule has 0 rings (SSSR count). The fourth-order valence-corrected chi connectivity index (χ4v) is 2.10. The van der Waals surface area contributed by atoms with Gasteiger partial charge in [-0.1, -0.05) is 33.1 Å². The van der Waals surface area contributed by atoms with Crippen LogP contribution in [0.1, 0.15) is 46.0 Å². The molecule has 0 bridgehead atoms. The molecule has 0 fully saturated rings. The van der Waals surface area contributed by atoms with E-state index >= 15 is 0 Å². The van der Waals surface area contributed by atoms with Crippen LogP contribution >= 0.6 is 8.03 Å². The molecular weight excluding hydrogens is 171 g/mol. The third-order valence-corrected chi connectivity index (χ3v) is 2.99. The lowest BCUT2D eigenvalue weighted by molar-refractivity contribution is 0.328. The van der Waals surface area contributed by atoms with Gasteiger partial charge in [0.25, 0.3) is 0 Å². The van der Waals surface area contributed by atoms with Crippen molar-refractivity contribution >= 4 is 8.03 Å². The summed E-state index contributed by atoms with van der Waals surface area (Å²) < 4.78 is 16.2. The zero-order valence-electron chi connectivity index (χ0n) is 8.27. The Morgan fingerprint density at radius 2 is 1.83 bits per heavy atom. The summed E-state index contributed by atoms with van der Waals surface area (Å²) in [6.45, 7) is 4.87. The number of hydrogen-bond donors (Lipinski definition) is 0. The van der Waals surface area contributed by atoms with E-state index in [1.54, 1.807) is 0 Å². The van der Waals surface area contributed by atoms with Gasteiger partial charge in [-0.25, -0.2) is 0 Å². The first-order valence-electron chi connectivity index (χ1n) is 4.96. The minimum atomic E-state index is -1.68. The van der Waals surface area contributed by atoms with Gasteiger partial charge >= 0.3 is 0 Å². The van der Waals surface area contributed by atoms with Gasteiger partial charge in [-0.3, -0.25) is 4.57 Å². The molecule has 12 heavy (non-hydrogen) atoms. The van der Waals surface area contributed by atoms with Crippen LogP contribution in [0, 0.1) is 0 Å². The molecule has 0 N–H and O–H groups in total. The summed E-state index contributed by atoms with van der Waals surface area (Å²) in [6, 6.07) is 0. The highest BCUT2D eigenvalue weighted by Crippen LogP contribution is 2.24. The van der Waals surface area contributed by atoms with E-state index in [0.717, 1.165) is 19.0 Å². The van der Waals surface area contributed by atoms with E-state index in [4.69, 9.17) is 4.52 Å². The zero-order valence-corrected chi connectivity index (χ0v) is 9.27. The maximum atomic E-state index is 11.1. The van der Waals surface area contributed by atoms with E-state index in [1.165, 1.54) is 19.3 Å². The standard InChI is InChI=1S/C9H21O2P/c1-3-5-6-7-9-12(10)11-8-4-2/h12H,3-9H2,1-2H3. The molecule has 0 aliphatic rings. The maximum absolute atomic E-state index is 11.1. The van der Waals surface area contributed by atoms with Crippen LogP contribution in [0.4, 0.5) is 0 Å². The Balaban J connectivity index is 3.08. The van der Waals surface area contributed by atoms with Crippen LogP contribution < -0.4 is 0 Å². The Kier molecular flexibility index (Phi) is 9.43. The first kappa shape index (κ1) is 12.2. The molecule has 0 aromatic rings. The Morgan fingerprint density at radius 1 is 1.08 bits per heavy atom. The molecule has 0 aromatic carbocycles. The van der Waals surface area contributed by atoms with Crippen molar-refractivity contribution in [3.05, 3.63) is 0 Å². The van der Waals surface area contributed by atoms with Crippen molar-refractivity contribution in [2.24, 2.45) is 0 Å². The second-order valence-electron chi connectivity index (χ2n) is 3.03. The quantitative estimate of drug-likeness (QED) is 0.435. The van der Waals surface area contributed by atoms with Crippen molar-refractivity contribution < 1.29 is 9.09 Å². The van der Waals surface area contributed by atoms with Crippen LogP contribution in [-0.4, -0.2) is 12.8 Å². The fraction of sp³-hybridized carbons (Fsp3) is 1.00. The van der Waals surface area contributed by atoms with Crippen LogP contribution in [0.25, 0.3) is 0 Å². The molecule has 0 aliphatic carbocycles. The first-order chi connectivity index (χ1) is 5.81. The van der Waals surface area contributed by atoms with E-state index in [9.17, 15) is 4.57 Å². The van der Waals surface area contributed by atoms with Crippen molar-refractivity contribution in [2.75, 3.05) is 12.8 Å². The number of hydrogen-bond acceptors (Lipinski definition) is 2.